The van der Waals surface area contributed by atoms with Crippen LogP contribution in [0.4, 0.5) is 15.2 Å². The number of carbonyl (C=O) groups is 3. The fourth-order valence-corrected chi connectivity index (χ4v) is 5.36. The van der Waals surface area contributed by atoms with Gasteiger partial charge in [-0.2, -0.15) is 0 Å². The highest BCUT2D eigenvalue weighted by Crippen LogP contribution is 2.22. The molecule has 1 aromatic heterocycles. The van der Waals surface area contributed by atoms with Crippen molar-refractivity contribution in [2.75, 3.05) is 49.5 Å². The number of piperazine rings is 1. The lowest BCUT2D eigenvalue weighted by Crippen LogP contribution is -2.49. The summed E-state index contributed by atoms with van der Waals surface area (Å²) in [5.41, 5.74) is 1.45. The number of thiazole rings is 1. The van der Waals surface area contributed by atoms with Gasteiger partial charge in [0.1, 0.15) is 12.4 Å². The van der Waals surface area contributed by atoms with Crippen LogP contribution in [0.5, 0.6) is 0 Å². The van der Waals surface area contributed by atoms with E-state index in [0.29, 0.717) is 59.8 Å². The molecule has 1 saturated heterocycles. The highest BCUT2D eigenvalue weighted by molar-refractivity contribution is 7.13. The molecule has 0 saturated carbocycles. The molecule has 1 fully saturated rings. The van der Waals surface area contributed by atoms with Gasteiger partial charge in [-0.3, -0.25) is 14.4 Å². The van der Waals surface area contributed by atoms with E-state index in [1.807, 2.05) is 18.7 Å². The first-order valence-corrected chi connectivity index (χ1v) is 14.0. The number of amides is 3. The summed E-state index contributed by atoms with van der Waals surface area (Å²) < 4.78 is 14.1. The molecule has 4 rings (SSSR count). The van der Waals surface area contributed by atoms with Gasteiger partial charge in [0.05, 0.1) is 28.4 Å². The zero-order valence-corrected chi connectivity index (χ0v) is 23.5. The van der Waals surface area contributed by atoms with Crippen molar-refractivity contribution >= 4 is 51.5 Å². The van der Waals surface area contributed by atoms with Crippen LogP contribution in [-0.2, 0) is 16.0 Å². The van der Waals surface area contributed by atoms with Crippen LogP contribution in [-0.4, -0.2) is 71.8 Å². The smallest absolute Gasteiger partial charge is 0.255 e. The van der Waals surface area contributed by atoms with Crippen LogP contribution in [0.15, 0.2) is 53.9 Å². The maximum atomic E-state index is 14.1. The van der Waals surface area contributed by atoms with E-state index in [4.69, 9.17) is 11.6 Å². The van der Waals surface area contributed by atoms with Crippen molar-refractivity contribution in [1.29, 1.82) is 0 Å². The number of anilines is 2. The van der Waals surface area contributed by atoms with Crippen LogP contribution in [0.3, 0.4) is 0 Å². The number of rotatable bonds is 9. The molecule has 11 heteroatoms. The number of halogens is 2. The lowest BCUT2D eigenvalue weighted by Gasteiger charge is -2.36. The van der Waals surface area contributed by atoms with E-state index in [0.717, 1.165) is 0 Å². The van der Waals surface area contributed by atoms with Crippen molar-refractivity contribution in [1.82, 2.24) is 14.8 Å². The molecule has 0 atom stereocenters. The molecule has 0 bridgehead atoms. The van der Waals surface area contributed by atoms with Crippen molar-refractivity contribution in [2.45, 2.75) is 20.3 Å². The minimum atomic E-state index is -0.382. The zero-order valence-electron chi connectivity index (χ0n) is 21.9. The first-order valence-electron chi connectivity index (χ1n) is 12.8. The van der Waals surface area contributed by atoms with Crippen LogP contribution in [0.2, 0.25) is 5.02 Å². The van der Waals surface area contributed by atoms with Gasteiger partial charge < -0.3 is 20.0 Å². The van der Waals surface area contributed by atoms with Gasteiger partial charge in [0.25, 0.3) is 5.91 Å². The van der Waals surface area contributed by atoms with E-state index in [2.05, 4.69) is 10.3 Å². The summed E-state index contributed by atoms with van der Waals surface area (Å²) in [6.07, 6.45) is 0.108. The Morgan fingerprint density at radius 2 is 1.77 bits per heavy atom. The fraction of sp³-hybridized carbons (Fsp3) is 0.357. The summed E-state index contributed by atoms with van der Waals surface area (Å²) in [5, 5.41) is 5.18. The average Bonchev–Trinajstić information content (AvgIpc) is 3.34. The SMILES string of the molecule is CC(C)CN(CC(=O)Nc1nc(CC(=O)N2CCN(c3ccccc3F)CC2)cs1)C(=O)c1ccccc1Cl. The van der Waals surface area contributed by atoms with Gasteiger partial charge >= 0.3 is 0 Å². The Bertz CT molecular complexity index is 1330. The normalized spacial score (nSPS) is 13.5. The summed E-state index contributed by atoms with van der Waals surface area (Å²) in [4.78, 5) is 48.3. The standard InChI is InChI=1S/C28H31ClFN5O3S/c1-19(2)16-35(27(38)21-7-3-4-8-22(21)29)17-25(36)32-28-31-20(18-39-28)15-26(37)34-13-11-33(12-14-34)24-10-6-5-9-23(24)30/h3-10,18-19H,11-17H2,1-2H3,(H,31,32,36). The molecule has 2 heterocycles. The predicted molar refractivity (Wildman–Crippen MR) is 152 cm³/mol. The molecular formula is C28H31ClFN5O3S. The topological polar surface area (TPSA) is 85.8 Å². The van der Waals surface area contributed by atoms with E-state index in [-0.39, 0.29) is 42.4 Å². The van der Waals surface area contributed by atoms with E-state index >= 15 is 0 Å². The summed E-state index contributed by atoms with van der Waals surface area (Å²) >= 11 is 7.43. The van der Waals surface area contributed by atoms with Gasteiger partial charge in [-0.15, -0.1) is 11.3 Å². The zero-order chi connectivity index (χ0) is 27.9. The molecule has 0 unspecified atom stereocenters. The number of benzene rings is 2. The third-order valence-electron chi connectivity index (χ3n) is 6.27. The minimum Gasteiger partial charge on any atom is -0.366 e. The molecule has 3 aromatic rings. The van der Waals surface area contributed by atoms with Crippen molar-refractivity contribution in [3.05, 3.63) is 76.0 Å². The second kappa shape index (κ2) is 13.0. The van der Waals surface area contributed by atoms with Crippen LogP contribution in [0.25, 0.3) is 0 Å². The molecule has 206 valence electrons. The molecule has 39 heavy (non-hydrogen) atoms. The van der Waals surface area contributed by atoms with Crippen LogP contribution in [0.1, 0.15) is 29.9 Å². The van der Waals surface area contributed by atoms with E-state index < -0.39 is 0 Å². The van der Waals surface area contributed by atoms with Crippen molar-refractivity contribution in [3.63, 3.8) is 0 Å². The molecule has 0 radical (unpaired) electrons. The van der Waals surface area contributed by atoms with Gasteiger partial charge in [-0.05, 0) is 30.2 Å². The number of carbonyl (C=O) groups excluding carboxylic acids is 3. The maximum Gasteiger partial charge on any atom is 0.255 e. The number of nitrogens with one attached hydrogen (secondary N) is 1. The molecule has 3 amide bonds. The molecule has 1 aliphatic rings. The second-order valence-electron chi connectivity index (χ2n) is 9.75. The number of hydrogen-bond acceptors (Lipinski definition) is 6. The van der Waals surface area contributed by atoms with Crippen LogP contribution < -0.4 is 10.2 Å². The number of nitrogens with zero attached hydrogens (tertiary/aromatic N) is 4. The molecule has 8 nitrogen and oxygen atoms in total. The molecule has 0 aliphatic carbocycles. The molecular weight excluding hydrogens is 541 g/mol. The van der Waals surface area contributed by atoms with Crippen molar-refractivity contribution in [2.24, 2.45) is 5.92 Å². The molecule has 0 spiro atoms. The van der Waals surface area contributed by atoms with Gasteiger partial charge in [-0.25, -0.2) is 9.37 Å². The van der Waals surface area contributed by atoms with E-state index in [1.54, 1.807) is 52.7 Å². The van der Waals surface area contributed by atoms with Crippen molar-refractivity contribution < 1.29 is 18.8 Å². The Morgan fingerprint density at radius 3 is 2.46 bits per heavy atom. The molecule has 2 aromatic carbocycles. The third kappa shape index (κ3) is 7.54. The van der Waals surface area contributed by atoms with Gasteiger partial charge in [0.2, 0.25) is 11.8 Å². The van der Waals surface area contributed by atoms with Crippen molar-refractivity contribution in [3.8, 4) is 0 Å². The molecule has 1 aliphatic heterocycles. The Labute approximate surface area is 236 Å². The van der Waals surface area contributed by atoms with Gasteiger partial charge in [0.15, 0.2) is 5.13 Å². The number of para-hydroxylation sites is 1. The largest absolute Gasteiger partial charge is 0.366 e. The number of hydrogen-bond donors (Lipinski definition) is 1. The second-order valence-corrected chi connectivity index (χ2v) is 11.0. The Morgan fingerprint density at radius 1 is 1.08 bits per heavy atom. The average molecular weight is 572 g/mol. The third-order valence-corrected chi connectivity index (χ3v) is 7.40. The monoisotopic (exact) mass is 571 g/mol. The predicted octanol–water partition coefficient (Wildman–Crippen LogP) is 4.56. The fourth-order valence-electron chi connectivity index (χ4n) is 4.41. The Kier molecular flexibility index (Phi) is 9.53. The van der Waals surface area contributed by atoms with E-state index in [9.17, 15) is 18.8 Å². The Hall–Kier alpha value is -3.50. The highest BCUT2D eigenvalue weighted by atomic mass is 35.5. The van der Waals surface area contributed by atoms with Crippen LogP contribution in [0, 0.1) is 11.7 Å². The minimum absolute atomic E-state index is 0.0696. The summed E-state index contributed by atoms with van der Waals surface area (Å²) in [5.74, 6) is -0.887. The summed E-state index contributed by atoms with van der Waals surface area (Å²) in [6, 6.07) is 13.4. The first kappa shape index (κ1) is 28.5. The molecule has 1 N–H and O–H groups in total. The highest BCUT2D eigenvalue weighted by Gasteiger charge is 2.24. The van der Waals surface area contributed by atoms with Gasteiger partial charge in [-0.1, -0.05) is 49.7 Å². The van der Waals surface area contributed by atoms with Crippen LogP contribution >= 0.6 is 22.9 Å². The lowest BCUT2D eigenvalue weighted by atomic mass is 10.1. The number of aromatic nitrogens is 1. The maximum absolute atomic E-state index is 14.1. The van der Waals surface area contributed by atoms with Gasteiger partial charge in [0, 0.05) is 38.1 Å². The lowest BCUT2D eigenvalue weighted by molar-refractivity contribution is -0.130. The quantitative estimate of drug-likeness (QED) is 0.407. The summed E-state index contributed by atoms with van der Waals surface area (Å²) in [7, 11) is 0. The van der Waals surface area contributed by atoms with E-state index in [1.165, 1.54) is 22.3 Å². The summed E-state index contributed by atoms with van der Waals surface area (Å²) in [6.45, 7) is 6.25. The first-order chi connectivity index (χ1) is 18.7. The Balaban J connectivity index is 1.30.